The minimum Gasteiger partial charge on any atom is -0.494 e. The molecule has 1 heterocycles. The van der Waals surface area contributed by atoms with Gasteiger partial charge in [0.25, 0.3) is 0 Å². The first-order valence-corrected chi connectivity index (χ1v) is 8.78. The van der Waals surface area contributed by atoms with E-state index in [1.54, 1.807) is 48.5 Å². The van der Waals surface area contributed by atoms with Crippen molar-refractivity contribution < 1.29 is 19.1 Å². The van der Waals surface area contributed by atoms with Crippen LogP contribution in [0, 0.1) is 5.92 Å². The number of hydrogen-bond donors (Lipinski definition) is 2. The molecular formula is C19H18ClN3O4. The molecule has 7 nitrogen and oxygen atoms in total. The van der Waals surface area contributed by atoms with Gasteiger partial charge in [-0.05, 0) is 55.5 Å². The van der Waals surface area contributed by atoms with Crippen LogP contribution in [0.15, 0.2) is 48.5 Å². The predicted octanol–water partition coefficient (Wildman–Crippen LogP) is 3.05. The third-order valence-corrected chi connectivity index (χ3v) is 4.27. The van der Waals surface area contributed by atoms with E-state index >= 15 is 0 Å². The van der Waals surface area contributed by atoms with Gasteiger partial charge in [0.2, 0.25) is 11.8 Å². The first-order chi connectivity index (χ1) is 13.0. The van der Waals surface area contributed by atoms with Gasteiger partial charge in [-0.15, -0.1) is 0 Å². The number of carbonyl (C=O) groups is 3. The van der Waals surface area contributed by atoms with Crippen LogP contribution < -0.4 is 20.3 Å². The second kappa shape index (κ2) is 8.09. The number of urea groups is 1. The van der Waals surface area contributed by atoms with E-state index in [4.69, 9.17) is 16.3 Å². The first kappa shape index (κ1) is 18.7. The second-order valence-electron chi connectivity index (χ2n) is 5.84. The Kier molecular flexibility index (Phi) is 5.61. The van der Waals surface area contributed by atoms with E-state index < -0.39 is 23.8 Å². The average Bonchev–Trinajstić information content (AvgIpc) is 2.65. The fourth-order valence-corrected chi connectivity index (χ4v) is 2.81. The highest BCUT2D eigenvalue weighted by atomic mass is 35.5. The van der Waals surface area contributed by atoms with E-state index in [0.717, 1.165) is 4.90 Å². The Morgan fingerprint density at radius 2 is 1.85 bits per heavy atom. The number of hydrogen-bond acceptors (Lipinski definition) is 4. The molecule has 0 aromatic heterocycles. The van der Waals surface area contributed by atoms with Crippen LogP contribution in [0.4, 0.5) is 16.2 Å². The summed E-state index contributed by atoms with van der Waals surface area (Å²) in [6.07, 6.45) is 0. The van der Waals surface area contributed by atoms with Crippen molar-refractivity contribution in [2.45, 2.75) is 6.92 Å². The molecule has 4 amide bonds. The van der Waals surface area contributed by atoms with Crippen molar-refractivity contribution in [3.05, 3.63) is 53.6 Å². The maximum absolute atomic E-state index is 12.7. The summed E-state index contributed by atoms with van der Waals surface area (Å²) in [4.78, 5) is 38.4. The molecule has 0 radical (unpaired) electrons. The quantitative estimate of drug-likeness (QED) is 0.772. The van der Waals surface area contributed by atoms with Crippen molar-refractivity contribution in [3.63, 3.8) is 0 Å². The third kappa shape index (κ3) is 4.20. The maximum atomic E-state index is 12.7. The van der Waals surface area contributed by atoms with Gasteiger partial charge in [-0.1, -0.05) is 11.6 Å². The highest BCUT2D eigenvalue weighted by Crippen LogP contribution is 2.23. The number of amides is 4. The number of imide groups is 1. The summed E-state index contributed by atoms with van der Waals surface area (Å²) in [7, 11) is 0. The Morgan fingerprint density at radius 1 is 1.19 bits per heavy atom. The summed E-state index contributed by atoms with van der Waals surface area (Å²) in [6, 6.07) is 12.5. The zero-order valence-electron chi connectivity index (χ0n) is 14.6. The molecule has 1 saturated heterocycles. The summed E-state index contributed by atoms with van der Waals surface area (Å²) in [6.45, 7) is 2.36. The maximum Gasteiger partial charge on any atom is 0.328 e. The SMILES string of the molecule is CCOc1ccc(NC(=O)C2CNC(=O)N(c3ccc(Cl)cc3)C2=O)cc1. The number of rotatable bonds is 5. The van der Waals surface area contributed by atoms with Crippen molar-refractivity contribution in [1.82, 2.24) is 5.32 Å². The van der Waals surface area contributed by atoms with E-state index in [-0.39, 0.29) is 6.54 Å². The number of halogens is 1. The number of carbonyl (C=O) groups excluding carboxylic acids is 3. The molecule has 0 aliphatic carbocycles. The molecule has 0 saturated carbocycles. The third-order valence-electron chi connectivity index (χ3n) is 4.01. The summed E-state index contributed by atoms with van der Waals surface area (Å²) in [5, 5.41) is 5.74. The van der Waals surface area contributed by atoms with Gasteiger partial charge in [0.15, 0.2) is 0 Å². The summed E-state index contributed by atoms with van der Waals surface area (Å²) in [5.41, 5.74) is 0.881. The molecular weight excluding hydrogens is 370 g/mol. The van der Waals surface area contributed by atoms with Crippen molar-refractivity contribution in [2.24, 2.45) is 5.92 Å². The van der Waals surface area contributed by atoms with E-state index in [9.17, 15) is 14.4 Å². The lowest BCUT2D eigenvalue weighted by Gasteiger charge is -2.30. The minimum atomic E-state index is -1.04. The molecule has 1 unspecified atom stereocenters. The van der Waals surface area contributed by atoms with Crippen molar-refractivity contribution in [2.75, 3.05) is 23.4 Å². The molecule has 27 heavy (non-hydrogen) atoms. The Morgan fingerprint density at radius 3 is 2.48 bits per heavy atom. The molecule has 2 aromatic rings. The van der Waals surface area contributed by atoms with E-state index in [0.29, 0.717) is 28.8 Å². The fourth-order valence-electron chi connectivity index (χ4n) is 2.68. The highest BCUT2D eigenvalue weighted by Gasteiger charge is 2.39. The molecule has 1 aliphatic rings. The molecule has 1 aliphatic heterocycles. The molecule has 8 heteroatoms. The number of nitrogens with one attached hydrogen (secondary N) is 2. The van der Waals surface area contributed by atoms with E-state index in [1.165, 1.54) is 0 Å². The van der Waals surface area contributed by atoms with Crippen LogP contribution in [0.2, 0.25) is 5.02 Å². The normalized spacial score (nSPS) is 16.7. The average molecular weight is 388 g/mol. The summed E-state index contributed by atoms with van der Waals surface area (Å²) in [5.74, 6) is -1.44. The lowest BCUT2D eigenvalue weighted by molar-refractivity contribution is -0.130. The Bertz CT molecular complexity index is 852. The molecule has 2 aromatic carbocycles. The second-order valence-corrected chi connectivity index (χ2v) is 6.27. The molecule has 3 rings (SSSR count). The fraction of sp³-hybridized carbons (Fsp3) is 0.211. The highest BCUT2D eigenvalue weighted by molar-refractivity contribution is 6.30. The standard InChI is InChI=1S/C19H18ClN3O4/c1-2-27-15-9-5-13(6-10-15)22-17(24)16-11-21-19(26)23(18(16)25)14-7-3-12(20)4-8-14/h3-10,16H,2,11H2,1H3,(H,21,26)(H,22,24). The van der Waals surface area contributed by atoms with E-state index in [1.807, 2.05) is 6.92 Å². The summed E-state index contributed by atoms with van der Waals surface area (Å²) < 4.78 is 5.35. The van der Waals surface area contributed by atoms with Crippen LogP contribution in [0.3, 0.4) is 0 Å². The van der Waals surface area contributed by atoms with Crippen LogP contribution in [-0.4, -0.2) is 31.0 Å². The van der Waals surface area contributed by atoms with Crippen LogP contribution in [0.25, 0.3) is 0 Å². The zero-order valence-corrected chi connectivity index (χ0v) is 15.3. The van der Waals surface area contributed by atoms with Crippen molar-refractivity contribution >= 4 is 40.8 Å². The number of nitrogens with zero attached hydrogens (tertiary/aromatic N) is 1. The number of ether oxygens (including phenoxy) is 1. The van der Waals surface area contributed by atoms with Gasteiger partial charge in [-0.3, -0.25) is 9.59 Å². The molecule has 0 bridgehead atoms. The number of benzene rings is 2. The van der Waals surface area contributed by atoms with Gasteiger partial charge in [0.1, 0.15) is 11.7 Å². The molecule has 0 spiro atoms. The smallest absolute Gasteiger partial charge is 0.328 e. The van der Waals surface area contributed by atoms with Gasteiger partial charge in [0, 0.05) is 17.3 Å². The topological polar surface area (TPSA) is 87.7 Å². The van der Waals surface area contributed by atoms with Crippen LogP contribution >= 0.6 is 11.6 Å². The first-order valence-electron chi connectivity index (χ1n) is 8.40. The summed E-state index contributed by atoms with van der Waals surface area (Å²) >= 11 is 5.85. The Hall–Kier alpha value is -3.06. The molecule has 2 N–H and O–H groups in total. The monoisotopic (exact) mass is 387 g/mol. The van der Waals surface area contributed by atoms with Crippen molar-refractivity contribution in [1.29, 1.82) is 0 Å². The molecule has 140 valence electrons. The van der Waals surface area contributed by atoms with Gasteiger partial charge in [-0.2, -0.15) is 0 Å². The lowest BCUT2D eigenvalue weighted by atomic mass is 10.0. The largest absolute Gasteiger partial charge is 0.494 e. The van der Waals surface area contributed by atoms with Gasteiger partial charge < -0.3 is 15.4 Å². The predicted molar refractivity (Wildman–Crippen MR) is 102 cm³/mol. The van der Waals surface area contributed by atoms with E-state index in [2.05, 4.69) is 10.6 Å². The zero-order chi connectivity index (χ0) is 19.4. The molecule has 1 atom stereocenters. The Balaban J connectivity index is 1.73. The lowest BCUT2D eigenvalue weighted by Crippen LogP contribution is -2.58. The minimum absolute atomic E-state index is 0.0649. The van der Waals surface area contributed by atoms with Gasteiger partial charge in [0.05, 0.1) is 12.3 Å². The van der Waals surface area contributed by atoms with Crippen LogP contribution in [0.5, 0.6) is 5.75 Å². The molecule has 1 fully saturated rings. The van der Waals surface area contributed by atoms with Crippen molar-refractivity contribution in [3.8, 4) is 5.75 Å². The Labute approximate surface area is 161 Å². The van der Waals surface area contributed by atoms with Gasteiger partial charge >= 0.3 is 6.03 Å². The van der Waals surface area contributed by atoms with Gasteiger partial charge in [-0.25, -0.2) is 9.69 Å². The van der Waals surface area contributed by atoms with Crippen LogP contribution in [0.1, 0.15) is 6.92 Å². The van der Waals surface area contributed by atoms with Crippen LogP contribution in [-0.2, 0) is 9.59 Å². The number of anilines is 2.